The van der Waals surface area contributed by atoms with Crippen LogP contribution in [-0.4, -0.2) is 46.8 Å². The number of carboxylic acid groups (broad SMARTS) is 1. The van der Waals surface area contributed by atoms with Crippen molar-refractivity contribution in [2.45, 2.75) is 13.5 Å². The molecule has 0 atom stereocenters. The van der Waals surface area contributed by atoms with Crippen LogP contribution in [0.4, 0.5) is 4.79 Å². The highest BCUT2D eigenvalue weighted by atomic mass is 16.5. The van der Waals surface area contributed by atoms with Gasteiger partial charge in [-0.15, -0.1) is 0 Å². The molecule has 0 saturated heterocycles. The van der Waals surface area contributed by atoms with Crippen molar-refractivity contribution in [3.63, 3.8) is 0 Å². The second-order valence-corrected chi connectivity index (χ2v) is 3.65. The fourth-order valence-electron chi connectivity index (χ4n) is 1.23. The second-order valence-electron chi connectivity index (χ2n) is 3.65. The minimum Gasteiger partial charge on any atom is -0.480 e. The molecule has 1 aromatic rings. The van der Waals surface area contributed by atoms with Gasteiger partial charge in [0.15, 0.2) is 0 Å². The summed E-state index contributed by atoms with van der Waals surface area (Å²) in [5, 5.41) is 13.5. The van der Waals surface area contributed by atoms with Crippen LogP contribution in [-0.2, 0) is 16.1 Å². The highest BCUT2D eigenvalue weighted by Gasteiger charge is 2.01. The first-order chi connectivity index (χ1) is 9.08. The fourth-order valence-corrected chi connectivity index (χ4v) is 1.23. The molecule has 0 unspecified atom stereocenters. The highest BCUT2D eigenvalue weighted by Crippen LogP contribution is 1.93. The number of rotatable bonds is 7. The summed E-state index contributed by atoms with van der Waals surface area (Å²) in [6.45, 7) is 2.08. The Morgan fingerprint density at radius 2 is 2.21 bits per heavy atom. The van der Waals surface area contributed by atoms with Crippen molar-refractivity contribution in [3.8, 4) is 0 Å². The quantitative estimate of drug-likeness (QED) is 0.584. The maximum absolute atomic E-state index is 11.4. The van der Waals surface area contributed by atoms with E-state index < -0.39 is 5.97 Å². The van der Waals surface area contributed by atoms with Crippen molar-refractivity contribution in [1.82, 2.24) is 20.6 Å². The number of urea groups is 1. The zero-order valence-corrected chi connectivity index (χ0v) is 10.5. The van der Waals surface area contributed by atoms with Crippen molar-refractivity contribution < 1.29 is 19.4 Å². The second kappa shape index (κ2) is 7.98. The molecule has 1 rings (SSSR count). The number of carboxylic acids is 1. The third kappa shape index (κ3) is 6.94. The number of aryl methyl sites for hydroxylation is 1. The molecule has 0 aliphatic carbocycles. The lowest BCUT2D eigenvalue weighted by atomic mass is 10.4. The number of ether oxygens (including phenoxy) is 1. The van der Waals surface area contributed by atoms with Gasteiger partial charge in [-0.1, -0.05) is 0 Å². The number of nitrogens with one attached hydrogen (secondary N) is 2. The third-order valence-corrected chi connectivity index (χ3v) is 2.02. The molecular weight excluding hydrogens is 252 g/mol. The fraction of sp³-hybridized carbons (Fsp3) is 0.455. The van der Waals surface area contributed by atoms with Crippen molar-refractivity contribution in [2.75, 3.05) is 19.8 Å². The Balaban J connectivity index is 2.13. The zero-order chi connectivity index (χ0) is 14.1. The Morgan fingerprint density at radius 3 is 2.89 bits per heavy atom. The van der Waals surface area contributed by atoms with E-state index >= 15 is 0 Å². The third-order valence-electron chi connectivity index (χ3n) is 2.02. The van der Waals surface area contributed by atoms with Crippen molar-refractivity contribution in [2.24, 2.45) is 0 Å². The average Bonchev–Trinajstić information content (AvgIpc) is 2.35. The summed E-state index contributed by atoms with van der Waals surface area (Å²) in [6, 6.07) is 1.35. The number of nitrogens with zero attached hydrogens (tertiary/aromatic N) is 2. The summed E-state index contributed by atoms with van der Waals surface area (Å²) in [5.74, 6) is -0.398. The number of amides is 2. The van der Waals surface area contributed by atoms with Gasteiger partial charge in [-0.05, 0) is 13.0 Å². The van der Waals surface area contributed by atoms with Crippen LogP contribution >= 0.6 is 0 Å². The first-order valence-electron chi connectivity index (χ1n) is 5.67. The van der Waals surface area contributed by atoms with Crippen LogP contribution in [0.2, 0.25) is 0 Å². The van der Waals surface area contributed by atoms with Crippen molar-refractivity contribution >= 4 is 12.0 Å². The van der Waals surface area contributed by atoms with Crippen LogP contribution in [0.25, 0.3) is 0 Å². The van der Waals surface area contributed by atoms with Crippen LogP contribution in [0.15, 0.2) is 12.3 Å². The normalized spacial score (nSPS) is 9.95. The van der Waals surface area contributed by atoms with Crippen LogP contribution in [0.1, 0.15) is 11.5 Å². The summed E-state index contributed by atoms with van der Waals surface area (Å²) in [4.78, 5) is 29.6. The van der Waals surface area contributed by atoms with Gasteiger partial charge in [-0.25, -0.2) is 19.6 Å². The Labute approximate surface area is 110 Å². The lowest BCUT2D eigenvalue weighted by Crippen LogP contribution is -2.37. The molecule has 2 amide bonds. The number of carbonyl (C=O) groups is 2. The van der Waals surface area contributed by atoms with Gasteiger partial charge in [-0.2, -0.15) is 0 Å². The molecule has 104 valence electrons. The smallest absolute Gasteiger partial charge is 0.329 e. The molecular formula is C11H16N4O4. The van der Waals surface area contributed by atoms with Gasteiger partial charge in [0.2, 0.25) is 0 Å². The largest absolute Gasteiger partial charge is 0.480 e. The molecule has 19 heavy (non-hydrogen) atoms. The molecule has 0 saturated carbocycles. The topological polar surface area (TPSA) is 113 Å². The number of aliphatic carboxylic acids is 1. The average molecular weight is 268 g/mol. The van der Waals surface area contributed by atoms with Gasteiger partial charge in [0, 0.05) is 12.7 Å². The van der Waals surface area contributed by atoms with E-state index in [1.54, 1.807) is 19.2 Å². The summed E-state index contributed by atoms with van der Waals surface area (Å²) >= 11 is 0. The predicted molar refractivity (Wildman–Crippen MR) is 65.5 cm³/mol. The monoisotopic (exact) mass is 268 g/mol. The summed E-state index contributed by atoms with van der Waals surface area (Å²) < 4.78 is 4.76. The molecule has 0 aliphatic rings. The van der Waals surface area contributed by atoms with Crippen molar-refractivity contribution in [3.05, 3.63) is 23.8 Å². The number of aromatic nitrogens is 2. The highest BCUT2D eigenvalue weighted by molar-refractivity contribution is 5.73. The van der Waals surface area contributed by atoms with E-state index in [0.717, 1.165) is 0 Å². The van der Waals surface area contributed by atoms with Gasteiger partial charge in [-0.3, -0.25) is 0 Å². The predicted octanol–water partition coefficient (Wildman–Crippen LogP) is -0.315. The van der Waals surface area contributed by atoms with Gasteiger partial charge in [0.1, 0.15) is 12.4 Å². The lowest BCUT2D eigenvalue weighted by molar-refractivity contribution is -0.142. The SMILES string of the molecule is Cc1nccc(CNC(=O)NCCOCC(=O)O)n1. The van der Waals surface area contributed by atoms with Gasteiger partial charge < -0.3 is 20.5 Å². The first-order valence-corrected chi connectivity index (χ1v) is 5.67. The standard InChI is InChI=1S/C11H16N4O4/c1-8-12-3-2-9(15-8)6-14-11(18)13-4-5-19-7-10(16)17/h2-3H,4-7H2,1H3,(H,16,17)(H2,13,14,18). The maximum Gasteiger partial charge on any atom is 0.329 e. The molecule has 8 nitrogen and oxygen atoms in total. The zero-order valence-electron chi connectivity index (χ0n) is 10.5. The Kier molecular flexibility index (Phi) is 6.23. The van der Waals surface area contributed by atoms with Gasteiger partial charge in [0.25, 0.3) is 0 Å². The first kappa shape index (κ1) is 14.8. The van der Waals surface area contributed by atoms with E-state index in [-0.39, 0.29) is 25.8 Å². The molecule has 8 heteroatoms. The Morgan fingerprint density at radius 1 is 1.42 bits per heavy atom. The van der Waals surface area contributed by atoms with Gasteiger partial charge >= 0.3 is 12.0 Å². The summed E-state index contributed by atoms with van der Waals surface area (Å²) in [5.41, 5.74) is 0.713. The van der Waals surface area contributed by atoms with Crippen molar-refractivity contribution in [1.29, 1.82) is 0 Å². The molecule has 0 spiro atoms. The summed E-state index contributed by atoms with van der Waals surface area (Å²) in [6.07, 6.45) is 1.62. The number of carbonyl (C=O) groups excluding carboxylic acids is 1. The van der Waals surface area contributed by atoms with E-state index in [2.05, 4.69) is 20.6 Å². The molecule has 0 aliphatic heterocycles. The van der Waals surface area contributed by atoms with E-state index in [1.807, 2.05) is 0 Å². The molecule has 0 fully saturated rings. The van der Waals surface area contributed by atoms with Gasteiger partial charge in [0.05, 0.1) is 18.8 Å². The molecule has 0 radical (unpaired) electrons. The van der Waals surface area contributed by atoms with Crippen LogP contribution in [0.5, 0.6) is 0 Å². The lowest BCUT2D eigenvalue weighted by Gasteiger charge is -2.07. The van der Waals surface area contributed by atoms with Crippen LogP contribution < -0.4 is 10.6 Å². The minimum absolute atomic E-state index is 0.145. The Bertz CT molecular complexity index is 438. The summed E-state index contributed by atoms with van der Waals surface area (Å²) in [7, 11) is 0. The van der Waals surface area contributed by atoms with E-state index in [4.69, 9.17) is 9.84 Å². The van der Waals surface area contributed by atoms with E-state index in [0.29, 0.717) is 18.1 Å². The molecule has 0 bridgehead atoms. The van der Waals surface area contributed by atoms with Crippen LogP contribution in [0, 0.1) is 6.92 Å². The molecule has 1 aromatic heterocycles. The molecule has 1 heterocycles. The number of hydrogen-bond donors (Lipinski definition) is 3. The minimum atomic E-state index is -1.04. The molecule has 3 N–H and O–H groups in total. The Hall–Kier alpha value is -2.22. The number of hydrogen-bond acceptors (Lipinski definition) is 5. The molecule has 0 aromatic carbocycles. The maximum atomic E-state index is 11.4. The van der Waals surface area contributed by atoms with Crippen LogP contribution in [0.3, 0.4) is 0 Å². The van der Waals surface area contributed by atoms with E-state index in [9.17, 15) is 9.59 Å². The van der Waals surface area contributed by atoms with E-state index in [1.165, 1.54) is 0 Å².